The van der Waals surface area contributed by atoms with E-state index in [1.807, 2.05) is 24.3 Å². The van der Waals surface area contributed by atoms with Crippen molar-refractivity contribution in [3.63, 3.8) is 0 Å². The van der Waals surface area contributed by atoms with Gasteiger partial charge in [-0.2, -0.15) is 0 Å². The van der Waals surface area contributed by atoms with Gasteiger partial charge in [0.25, 0.3) is 5.91 Å². The second kappa shape index (κ2) is 13.7. The predicted octanol–water partition coefficient (Wildman–Crippen LogP) is 1.55. The normalized spacial score (nSPS) is 25.1. The lowest BCUT2D eigenvalue weighted by Crippen LogP contribution is -2.60. The van der Waals surface area contributed by atoms with E-state index in [2.05, 4.69) is 31.4 Å². The molecule has 4 heterocycles. The summed E-state index contributed by atoms with van der Waals surface area (Å²) >= 11 is 0. The van der Waals surface area contributed by atoms with Crippen molar-refractivity contribution in [2.75, 3.05) is 6.54 Å². The first-order chi connectivity index (χ1) is 21.9. The van der Waals surface area contributed by atoms with Crippen molar-refractivity contribution < 1.29 is 29.0 Å². The number of nitrogens with zero attached hydrogens (tertiary/aromatic N) is 5. The fourth-order valence-corrected chi connectivity index (χ4v) is 5.33. The monoisotopic (exact) mass is 632 g/mol. The number of esters is 1. The molecular formula is C32H40N8O6. The van der Waals surface area contributed by atoms with Gasteiger partial charge in [0.15, 0.2) is 0 Å². The number of hydrazine groups is 1. The first kappa shape index (κ1) is 32.7. The Morgan fingerprint density at radius 3 is 2.65 bits per heavy atom. The number of benzene rings is 1. The van der Waals surface area contributed by atoms with Gasteiger partial charge in [0.2, 0.25) is 11.8 Å². The predicted molar refractivity (Wildman–Crippen MR) is 167 cm³/mol. The summed E-state index contributed by atoms with van der Waals surface area (Å²) in [6.45, 7) is 7.08. The number of carbonyl (C=O) groups excluding carboxylic acids is 4. The highest BCUT2D eigenvalue weighted by Gasteiger charge is 2.34. The van der Waals surface area contributed by atoms with Crippen molar-refractivity contribution >= 4 is 40.5 Å². The highest BCUT2D eigenvalue weighted by molar-refractivity contribution is 5.94. The summed E-state index contributed by atoms with van der Waals surface area (Å²) in [5.41, 5.74) is 3.74. The minimum atomic E-state index is -1.04. The molecule has 4 N–H and O–H groups in total. The van der Waals surface area contributed by atoms with Gasteiger partial charge in [0, 0.05) is 24.7 Å². The van der Waals surface area contributed by atoms with Crippen molar-refractivity contribution in [3.8, 4) is 0 Å². The number of rotatable bonds is 4. The Morgan fingerprint density at radius 1 is 1.09 bits per heavy atom. The zero-order valence-electron chi connectivity index (χ0n) is 26.4. The summed E-state index contributed by atoms with van der Waals surface area (Å²) in [5.74, 6) is -1.88. The quantitative estimate of drug-likeness (QED) is 0.308. The second-order valence-corrected chi connectivity index (χ2v) is 12.3. The summed E-state index contributed by atoms with van der Waals surface area (Å²) in [4.78, 5) is 58.2. The topological polar surface area (TPSA) is 181 Å². The number of aromatic nitrogens is 4. The van der Waals surface area contributed by atoms with Crippen LogP contribution in [0.3, 0.4) is 0 Å². The van der Waals surface area contributed by atoms with Crippen LogP contribution < -0.4 is 16.1 Å². The number of carbonyl (C=O) groups is 4. The third-order valence-electron chi connectivity index (χ3n) is 8.27. The van der Waals surface area contributed by atoms with Crippen molar-refractivity contribution in [1.82, 2.24) is 41.0 Å². The molecule has 0 spiro atoms. The summed E-state index contributed by atoms with van der Waals surface area (Å²) < 4.78 is 7.29. The van der Waals surface area contributed by atoms with E-state index in [1.54, 1.807) is 52.2 Å². The lowest BCUT2D eigenvalue weighted by molar-refractivity contribution is -0.157. The van der Waals surface area contributed by atoms with E-state index in [-0.39, 0.29) is 19.6 Å². The maximum absolute atomic E-state index is 13.6. The van der Waals surface area contributed by atoms with E-state index < -0.39 is 53.3 Å². The lowest BCUT2D eigenvalue weighted by Gasteiger charge is -2.35. The van der Waals surface area contributed by atoms with Crippen LogP contribution in [0.2, 0.25) is 0 Å². The lowest BCUT2D eigenvalue weighted by atomic mass is 9.90. The molecule has 244 valence electrons. The molecule has 0 radical (unpaired) electrons. The van der Waals surface area contributed by atoms with Crippen LogP contribution in [0.25, 0.3) is 16.8 Å². The Morgan fingerprint density at radius 2 is 1.89 bits per heavy atom. The summed E-state index contributed by atoms with van der Waals surface area (Å²) in [6.07, 6.45) is 7.40. The van der Waals surface area contributed by atoms with Gasteiger partial charge in [0.05, 0.1) is 23.9 Å². The maximum atomic E-state index is 13.6. The van der Waals surface area contributed by atoms with Gasteiger partial charge in [-0.05, 0) is 76.1 Å². The molecule has 2 aromatic heterocycles. The number of fused-ring (bicyclic) bond motifs is 4. The molecule has 3 aromatic rings. The molecule has 14 nitrogen and oxygen atoms in total. The number of aliphatic hydroxyl groups is 1. The molecule has 4 atom stereocenters. The Labute approximate surface area is 266 Å². The number of nitrogens with one attached hydrogen (secondary N) is 3. The smallest absolute Gasteiger partial charge is 0.325 e. The molecule has 1 unspecified atom stereocenters. The second-order valence-electron chi connectivity index (χ2n) is 12.3. The highest BCUT2D eigenvalue weighted by atomic mass is 16.5. The van der Waals surface area contributed by atoms with Gasteiger partial charge in [-0.3, -0.25) is 33.9 Å². The van der Waals surface area contributed by atoms with Crippen molar-refractivity contribution in [2.45, 2.75) is 84.3 Å². The maximum Gasteiger partial charge on any atom is 0.325 e. The summed E-state index contributed by atoms with van der Waals surface area (Å²) in [5, 5.41) is 25.8. The van der Waals surface area contributed by atoms with Gasteiger partial charge < -0.3 is 20.5 Å². The number of ether oxygens (including phenoxy) is 1. The van der Waals surface area contributed by atoms with Crippen LogP contribution in [-0.2, 0) is 37.1 Å². The Hall–Kier alpha value is -4.69. The molecule has 0 saturated carbocycles. The molecule has 2 aliphatic heterocycles. The molecule has 1 saturated heterocycles. The number of hydrogen-bond acceptors (Lipinski definition) is 10. The Kier molecular flexibility index (Phi) is 9.77. The van der Waals surface area contributed by atoms with Gasteiger partial charge in [-0.1, -0.05) is 23.4 Å². The fraction of sp³-hybridized carbons (Fsp3) is 0.469. The van der Waals surface area contributed by atoms with E-state index in [0.717, 1.165) is 16.3 Å². The fourth-order valence-electron chi connectivity index (χ4n) is 5.33. The number of pyridine rings is 1. The average molecular weight is 633 g/mol. The molecule has 3 amide bonds. The average Bonchev–Trinajstić information content (AvgIpc) is 3.52. The zero-order valence-corrected chi connectivity index (χ0v) is 26.4. The van der Waals surface area contributed by atoms with E-state index in [1.165, 1.54) is 9.69 Å². The number of aliphatic hydroxyl groups excluding tert-OH is 1. The van der Waals surface area contributed by atoms with E-state index in [9.17, 15) is 24.3 Å². The Balaban J connectivity index is 1.46. The molecular weight excluding hydrogens is 592 g/mol. The van der Waals surface area contributed by atoms with Crippen LogP contribution in [0.5, 0.6) is 0 Å². The molecule has 5 rings (SSSR count). The van der Waals surface area contributed by atoms with E-state index in [4.69, 9.17) is 4.74 Å². The van der Waals surface area contributed by atoms with Crippen LogP contribution in [0.1, 0.15) is 70.0 Å². The number of hydrogen-bond donors (Lipinski definition) is 4. The molecule has 0 aliphatic carbocycles. The first-order valence-corrected chi connectivity index (χ1v) is 15.4. The van der Waals surface area contributed by atoms with E-state index in [0.29, 0.717) is 30.8 Å². The third-order valence-corrected chi connectivity index (χ3v) is 8.27. The summed E-state index contributed by atoms with van der Waals surface area (Å²) in [6, 6.07) is 4.91. The van der Waals surface area contributed by atoms with Crippen LogP contribution >= 0.6 is 0 Å². The number of aryl methyl sites for hydroxylation is 1. The molecule has 1 aromatic carbocycles. The Bertz CT molecular complexity index is 1650. The SMILES string of the molecule is C[C@@H]1NC(=O)C(CCn2cc(CO)nn2)NC(=O)C(C)(C)/C=C/c2cc3cc(ccc3cn2)[C@@H](C)OC(=O)[C@@H]2CCCN(N2)C1=O. The van der Waals surface area contributed by atoms with Crippen molar-refractivity contribution in [1.29, 1.82) is 0 Å². The molecule has 5 bridgehead atoms. The van der Waals surface area contributed by atoms with E-state index >= 15 is 0 Å². The molecule has 14 heteroatoms. The van der Waals surface area contributed by atoms with Crippen LogP contribution in [-0.4, -0.2) is 78.5 Å². The van der Waals surface area contributed by atoms with Crippen molar-refractivity contribution in [3.05, 3.63) is 59.7 Å². The molecule has 2 aliphatic rings. The van der Waals surface area contributed by atoms with Crippen LogP contribution in [0, 0.1) is 5.41 Å². The molecule has 1 fully saturated rings. The largest absolute Gasteiger partial charge is 0.457 e. The number of amides is 3. The first-order valence-electron chi connectivity index (χ1n) is 15.4. The van der Waals surface area contributed by atoms with Gasteiger partial charge in [-0.15, -0.1) is 5.10 Å². The van der Waals surface area contributed by atoms with Gasteiger partial charge in [-0.25, -0.2) is 5.43 Å². The standard InChI is InChI=1S/C32H40N8O6/c1-19-29(43)40-12-5-6-27(37-40)30(44)46-20(2)21-7-8-22-16-33-24(15-23(22)14-21)9-11-32(3,4)31(45)35-26(28(42)34-19)10-13-39-17-25(18-41)36-38-39/h7-9,11,14-17,19-20,26-27,37,41H,5-6,10,12-13,18H2,1-4H3,(H,34,42)(H,35,45)/b11-9+/t19-,20+,26?,27-/m0/s1. The highest BCUT2D eigenvalue weighted by Crippen LogP contribution is 2.26. The zero-order chi connectivity index (χ0) is 33.0. The van der Waals surface area contributed by atoms with Crippen LogP contribution in [0.4, 0.5) is 0 Å². The van der Waals surface area contributed by atoms with Gasteiger partial charge in [0.1, 0.15) is 29.9 Å². The minimum absolute atomic E-state index is 0.134. The minimum Gasteiger partial charge on any atom is -0.457 e. The van der Waals surface area contributed by atoms with Crippen LogP contribution in [0.15, 0.2) is 42.7 Å². The summed E-state index contributed by atoms with van der Waals surface area (Å²) in [7, 11) is 0. The number of cyclic esters (lactones) is 1. The van der Waals surface area contributed by atoms with Crippen molar-refractivity contribution in [2.24, 2.45) is 5.41 Å². The molecule has 46 heavy (non-hydrogen) atoms. The third kappa shape index (κ3) is 7.57. The van der Waals surface area contributed by atoms with Gasteiger partial charge >= 0.3 is 5.97 Å².